The smallest absolute Gasteiger partial charge is 0.228 e. The molecule has 0 bridgehead atoms. The van der Waals surface area contributed by atoms with Crippen molar-refractivity contribution in [2.75, 3.05) is 42.7 Å². The number of allylic oxidation sites excluding steroid dienone is 3. The van der Waals surface area contributed by atoms with Crippen LogP contribution in [0.3, 0.4) is 0 Å². The lowest BCUT2D eigenvalue weighted by Gasteiger charge is -2.34. The Bertz CT molecular complexity index is 913. The third-order valence-corrected chi connectivity index (χ3v) is 7.25. The van der Waals surface area contributed by atoms with Crippen molar-refractivity contribution >= 4 is 28.5 Å². The Labute approximate surface area is 191 Å². The first-order chi connectivity index (χ1) is 15.5. The van der Waals surface area contributed by atoms with E-state index in [4.69, 9.17) is 4.74 Å². The topological polar surface area (TPSA) is 108 Å². The summed E-state index contributed by atoms with van der Waals surface area (Å²) in [6, 6.07) is 0. The van der Waals surface area contributed by atoms with Gasteiger partial charge in [0, 0.05) is 38.2 Å². The highest BCUT2D eigenvalue weighted by Gasteiger charge is 2.27. The van der Waals surface area contributed by atoms with E-state index in [2.05, 4.69) is 20.2 Å². The molecule has 3 aliphatic rings. The first kappa shape index (κ1) is 22.7. The molecule has 0 aromatic carbocycles. The molecule has 2 atom stereocenters. The minimum atomic E-state index is -0.989. The van der Waals surface area contributed by atoms with Gasteiger partial charge in [-0.15, -0.1) is 0 Å². The van der Waals surface area contributed by atoms with E-state index in [1.54, 1.807) is 18.6 Å². The number of aliphatic hydroxyl groups excluding tert-OH is 1. The van der Waals surface area contributed by atoms with E-state index in [9.17, 15) is 14.1 Å². The summed E-state index contributed by atoms with van der Waals surface area (Å²) in [6.45, 7) is 2.79. The van der Waals surface area contributed by atoms with E-state index in [1.807, 2.05) is 16.5 Å². The number of hydrogen-bond acceptors (Lipinski definition) is 7. The summed E-state index contributed by atoms with van der Waals surface area (Å²) in [5.41, 5.74) is 0. The van der Waals surface area contributed by atoms with Crippen LogP contribution in [0.15, 0.2) is 36.1 Å². The molecular weight excluding hydrogens is 430 g/mol. The molecule has 2 aliphatic heterocycles. The maximum absolute atomic E-state index is 12.7. The second-order valence-electron chi connectivity index (χ2n) is 8.46. The molecule has 2 fully saturated rings. The van der Waals surface area contributed by atoms with Crippen LogP contribution < -0.4 is 10.2 Å². The number of aromatic nitrogens is 2. The fourth-order valence-electron chi connectivity index (χ4n) is 4.33. The van der Waals surface area contributed by atoms with E-state index in [0.717, 1.165) is 25.8 Å². The van der Waals surface area contributed by atoms with Gasteiger partial charge in [0.05, 0.1) is 29.9 Å². The summed E-state index contributed by atoms with van der Waals surface area (Å²) in [5.74, 6) is 1.83. The average Bonchev–Trinajstić information content (AvgIpc) is 2.81. The standard InChI is InChI=1S/C22H31N5O4S/c1-32(30)27-11-8-16(9-12-27)22(29)25-20-13-23-14-21(24-20)26-10-4-5-17(15-26)31-19-7-3-2-6-18(19)28/h3,7,13-14,16-17,28H,2,4-6,8-12,15H2,1H3,(H,24,25,29). The first-order valence-corrected chi connectivity index (χ1v) is 12.7. The average molecular weight is 462 g/mol. The molecule has 0 saturated carbocycles. The fraction of sp³-hybridized carbons (Fsp3) is 0.591. The Morgan fingerprint density at radius 2 is 2.06 bits per heavy atom. The van der Waals surface area contributed by atoms with Gasteiger partial charge < -0.3 is 20.1 Å². The second kappa shape index (κ2) is 10.4. The predicted molar refractivity (Wildman–Crippen MR) is 123 cm³/mol. The van der Waals surface area contributed by atoms with Gasteiger partial charge in [-0.05, 0) is 38.2 Å². The molecule has 0 radical (unpaired) electrons. The van der Waals surface area contributed by atoms with Crippen molar-refractivity contribution in [1.29, 1.82) is 0 Å². The van der Waals surface area contributed by atoms with E-state index in [0.29, 0.717) is 62.1 Å². The lowest BCUT2D eigenvalue weighted by molar-refractivity contribution is -0.120. The van der Waals surface area contributed by atoms with Gasteiger partial charge in [0.15, 0.2) is 11.6 Å². The Kier molecular flexibility index (Phi) is 7.41. The van der Waals surface area contributed by atoms with Crippen LogP contribution in [0.1, 0.15) is 38.5 Å². The van der Waals surface area contributed by atoms with E-state index in [-0.39, 0.29) is 17.9 Å². The summed E-state index contributed by atoms with van der Waals surface area (Å²) in [6.07, 6.45) is 13.4. The van der Waals surface area contributed by atoms with Crippen LogP contribution in [0, 0.1) is 5.92 Å². The summed E-state index contributed by atoms with van der Waals surface area (Å²) < 4.78 is 19.5. The molecule has 32 heavy (non-hydrogen) atoms. The van der Waals surface area contributed by atoms with Crippen LogP contribution in [0.4, 0.5) is 11.6 Å². The minimum Gasteiger partial charge on any atom is -0.508 e. The Hall–Kier alpha value is -2.46. The summed E-state index contributed by atoms with van der Waals surface area (Å²) in [5, 5.41) is 13.0. The number of carbonyl (C=O) groups is 1. The van der Waals surface area contributed by atoms with E-state index < -0.39 is 11.0 Å². The summed E-state index contributed by atoms with van der Waals surface area (Å²) in [4.78, 5) is 23.7. The highest BCUT2D eigenvalue weighted by Crippen LogP contribution is 2.25. The number of ether oxygens (including phenoxy) is 1. The maximum Gasteiger partial charge on any atom is 0.228 e. The van der Waals surface area contributed by atoms with Gasteiger partial charge in [0.2, 0.25) is 5.91 Å². The molecule has 2 N–H and O–H groups in total. The number of anilines is 2. The van der Waals surface area contributed by atoms with E-state index >= 15 is 0 Å². The molecule has 2 unspecified atom stereocenters. The minimum absolute atomic E-state index is 0.0435. The SMILES string of the molecule is CS(=O)N1CCC(C(=O)Nc2cncc(N3CCCC(OC4=C(O)CCC=C4)C3)n2)CC1. The molecule has 3 heterocycles. The van der Waals surface area contributed by atoms with Gasteiger partial charge in [-0.1, -0.05) is 6.08 Å². The number of rotatable bonds is 6. The second-order valence-corrected chi connectivity index (χ2v) is 9.82. The zero-order chi connectivity index (χ0) is 22.5. The van der Waals surface area contributed by atoms with Crippen molar-refractivity contribution in [3.63, 3.8) is 0 Å². The monoisotopic (exact) mass is 461 g/mol. The molecule has 174 valence electrons. The van der Waals surface area contributed by atoms with Crippen LogP contribution >= 0.6 is 0 Å². The molecule has 4 rings (SSSR count). The van der Waals surface area contributed by atoms with Crippen molar-refractivity contribution in [3.8, 4) is 0 Å². The largest absolute Gasteiger partial charge is 0.508 e. The van der Waals surface area contributed by atoms with Gasteiger partial charge in [-0.3, -0.25) is 9.78 Å². The normalized spacial score (nSPS) is 23.8. The summed E-state index contributed by atoms with van der Waals surface area (Å²) in [7, 11) is -0.989. The first-order valence-electron chi connectivity index (χ1n) is 11.2. The Morgan fingerprint density at radius 1 is 1.25 bits per heavy atom. The van der Waals surface area contributed by atoms with Crippen LogP contribution in [0.25, 0.3) is 0 Å². The fourth-order valence-corrected chi connectivity index (χ4v) is 5.06. The number of carbonyl (C=O) groups excluding carboxylic acids is 1. The molecule has 1 aromatic rings. The van der Waals surface area contributed by atoms with Crippen LogP contribution in [-0.4, -0.2) is 68.0 Å². The third-order valence-electron chi connectivity index (χ3n) is 6.16. The number of nitrogens with one attached hydrogen (secondary N) is 1. The molecular formula is C22H31N5O4S. The molecule has 9 nitrogen and oxygen atoms in total. The lowest BCUT2D eigenvalue weighted by atomic mass is 9.97. The highest BCUT2D eigenvalue weighted by molar-refractivity contribution is 7.81. The maximum atomic E-state index is 12.7. The van der Waals surface area contributed by atoms with Crippen molar-refractivity contribution in [2.24, 2.45) is 5.92 Å². The Balaban J connectivity index is 1.34. The van der Waals surface area contributed by atoms with Crippen molar-refractivity contribution < 1.29 is 18.8 Å². The Morgan fingerprint density at radius 3 is 2.81 bits per heavy atom. The van der Waals surface area contributed by atoms with Gasteiger partial charge in [-0.25, -0.2) is 13.5 Å². The van der Waals surface area contributed by atoms with Crippen molar-refractivity contribution in [1.82, 2.24) is 14.3 Å². The molecule has 1 amide bonds. The third kappa shape index (κ3) is 5.66. The number of nitrogens with zero attached hydrogens (tertiary/aromatic N) is 4. The van der Waals surface area contributed by atoms with Crippen molar-refractivity contribution in [2.45, 2.75) is 44.6 Å². The van der Waals surface area contributed by atoms with E-state index in [1.165, 1.54) is 0 Å². The highest BCUT2D eigenvalue weighted by atomic mass is 32.2. The van der Waals surface area contributed by atoms with Gasteiger partial charge in [0.1, 0.15) is 17.7 Å². The number of amides is 1. The molecule has 0 spiro atoms. The van der Waals surface area contributed by atoms with Crippen LogP contribution in [0.5, 0.6) is 0 Å². The van der Waals surface area contributed by atoms with Crippen LogP contribution in [0.2, 0.25) is 0 Å². The zero-order valence-electron chi connectivity index (χ0n) is 18.4. The molecule has 2 saturated heterocycles. The van der Waals surface area contributed by atoms with Crippen molar-refractivity contribution in [3.05, 3.63) is 36.1 Å². The quantitative estimate of drug-likeness (QED) is 0.670. The number of piperidine rings is 2. The molecule has 10 heteroatoms. The van der Waals surface area contributed by atoms with Gasteiger partial charge in [0.25, 0.3) is 0 Å². The number of hydrogen-bond donors (Lipinski definition) is 2. The molecule has 1 aromatic heterocycles. The van der Waals surface area contributed by atoms with Crippen LogP contribution in [-0.2, 0) is 20.5 Å². The molecule has 1 aliphatic carbocycles. The van der Waals surface area contributed by atoms with Gasteiger partial charge >= 0.3 is 0 Å². The van der Waals surface area contributed by atoms with Gasteiger partial charge in [-0.2, -0.15) is 0 Å². The zero-order valence-corrected chi connectivity index (χ0v) is 19.2. The lowest BCUT2D eigenvalue weighted by Crippen LogP contribution is -2.40. The summed E-state index contributed by atoms with van der Waals surface area (Å²) >= 11 is 0. The number of aliphatic hydroxyl groups is 1. The predicted octanol–water partition coefficient (Wildman–Crippen LogP) is 2.53.